The Kier molecular flexibility index (Phi) is 4.57. The largest absolute Gasteiger partial charge is 0.382 e. The summed E-state index contributed by atoms with van der Waals surface area (Å²) in [6.45, 7) is 7.55. The fourth-order valence-corrected chi connectivity index (χ4v) is 2.51. The van der Waals surface area contributed by atoms with E-state index in [9.17, 15) is 0 Å². The molecular formula is C14H23N5O. The van der Waals surface area contributed by atoms with Crippen LogP contribution in [0.2, 0.25) is 0 Å². The van der Waals surface area contributed by atoms with Crippen LogP contribution in [-0.4, -0.2) is 21.1 Å². The summed E-state index contributed by atoms with van der Waals surface area (Å²) in [4.78, 5) is 13.7. The van der Waals surface area contributed by atoms with E-state index in [2.05, 4.69) is 33.2 Å². The van der Waals surface area contributed by atoms with Crippen molar-refractivity contribution in [2.45, 2.75) is 46.6 Å². The van der Waals surface area contributed by atoms with Crippen LogP contribution in [0.25, 0.3) is 11.0 Å². The Morgan fingerprint density at radius 1 is 1.25 bits per heavy atom. The monoisotopic (exact) mass is 277 g/mol. The van der Waals surface area contributed by atoms with Crippen molar-refractivity contribution in [3.05, 3.63) is 17.1 Å². The zero-order chi connectivity index (χ0) is 14.7. The highest BCUT2D eigenvalue weighted by atomic mass is 16.6. The molecule has 0 bridgehead atoms. The summed E-state index contributed by atoms with van der Waals surface area (Å²) in [6.07, 6.45) is 2.82. The number of hydrogen-bond acceptors (Lipinski definition) is 5. The summed E-state index contributed by atoms with van der Waals surface area (Å²) in [7, 11) is 0. The minimum Gasteiger partial charge on any atom is -0.382 e. The number of aryl methyl sites for hydroxylation is 4. The third kappa shape index (κ3) is 2.62. The number of hydrogen-bond donors (Lipinski definition) is 2. The first kappa shape index (κ1) is 14.7. The van der Waals surface area contributed by atoms with Crippen LogP contribution in [0.3, 0.4) is 0 Å². The number of fused-ring (bicyclic) bond motifs is 1. The van der Waals surface area contributed by atoms with E-state index in [-0.39, 0.29) is 0 Å². The number of pyridine rings is 1. The molecule has 0 aliphatic heterocycles. The van der Waals surface area contributed by atoms with Crippen molar-refractivity contribution in [2.24, 2.45) is 5.90 Å². The molecule has 2 aromatic rings. The van der Waals surface area contributed by atoms with Gasteiger partial charge < -0.3 is 15.1 Å². The van der Waals surface area contributed by atoms with Crippen molar-refractivity contribution < 1.29 is 4.84 Å². The van der Waals surface area contributed by atoms with Gasteiger partial charge in [0.1, 0.15) is 11.3 Å². The number of anilines is 1. The molecule has 6 nitrogen and oxygen atoms in total. The minimum atomic E-state index is 0.509. The Morgan fingerprint density at radius 3 is 2.65 bits per heavy atom. The molecule has 0 unspecified atom stereocenters. The quantitative estimate of drug-likeness (QED) is 0.621. The van der Waals surface area contributed by atoms with Crippen molar-refractivity contribution in [3.8, 4) is 0 Å². The third-order valence-corrected chi connectivity index (χ3v) is 3.59. The maximum atomic E-state index is 6.03. The molecule has 2 aromatic heterocycles. The number of nitrogen functional groups attached to an aromatic ring is 1. The molecule has 0 aliphatic carbocycles. The smallest absolute Gasteiger partial charge is 0.151 e. The molecule has 110 valence electrons. The maximum absolute atomic E-state index is 6.03. The minimum absolute atomic E-state index is 0.509. The van der Waals surface area contributed by atoms with Gasteiger partial charge in [-0.3, -0.25) is 0 Å². The van der Waals surface area contributed by atoms with Gasteiger partial charge in [-0.25, -0.2) is 15.9 Å². The molecule has 0 spiro atoms. The lowest BCUT2D eigenvalue weighted by Crippen LogP contribution is -2.09. The van der Waals surface area contributed by atoms with Crippen LogP contribution in [0.15, 0.2) is 0 Å². The third-order valence-electron chi connectivity index (χ3n) is 3.59. The summed E-state index contributed by atoms with van der Waals surface area (Å²) < 4.78 is 2.23. The van der Waals surface area contributed by atoms with Crippen molar-refractivity contribution in [1.82, 2.24) is 14.5 Å². The van der Waals surface area contributed by atoms with Gasteiger partial charge in [-0.15, -0.1) is 0 Å². The molecule has 0 radical (unpaired) electrons. The van der Waals surface area contributed by atoms with Gasteiger partial charge in [0.15, 0.2) is 5.82 Å². The predicted molar refractivity (Wildman–Crippen MR) is 80.2 cm³/mol. The van der Waals surface area contributed by atoms with Crippen LogP contribution in [0.4, 0.5) is 5.82 Å². The standard InChI is InChI=1S/C14H23N5O/c1-4-6-11-18-12-13(19(11)7-5-8-20-16)9(2)10(3)17-14(12)15/h4-8,16H2,1-3H3,(H2,15,17). The van der Waals surface area contributed by atoms with E-state index < -0.39 is 0 Å². The normalized spacial score (nSPS) is 11.4. The molecule has 6 heteroatoms. The van der Waals surface area contributed by atoms with Gasteiger partial charge in [-0.05, 0) is 32.3 Å². The zero-order valence-electron chi connectivity index (χ0n) is 12.4. The lowest BCUT2D eigenvalue weighted by atomic mass is 10.2. The summed E-state index contributed by atoms with van der Waals surface area (Å²) in [5, 5.41) is 0. The van der Waals surface area contributed by atoms with Gasteiger partial charge in [0.2, 0.25) is 0 Å². The van der Waals surface area contributed by atoms with Gasteiger partial charge >= 0.3 is 0 Å². The van der Waals surface area contributed by atoms with Gasteiger partial charge in [-0.2, -0.15) is 0 Å². The molecule has 0 saturated carbocycles. The summed E-state index contributed by atoms with van der Waals surface area (Å²) in [6, 6.07) is 0. The summed E-state index contributed by atoms with van der Waals surface area (Å²) in [5.41, 5.74) is 10.0. The van der Waals surface area contributed by atoms with E-state index in [1.165, 1.54) is 0 Å². The van der Waals surface area contributed by atoms with Crippen molar-refractivity contribution in [2.75, 3.05) is 12.3 Å². The first-order valence-corrected chi connectivity index (χ1v) is 7.03. The Hall–Kier alpha value is -1.66. The summed E-state index contributed by atoms with van der Waals surface area (Å²) >= 11 is 0. The maximum Gasteiger partial charge on any atom is 0.151 e. The Morgan fingerprint density at radius 2 is 2.00 bits per heavy atom. The highest BCUT2D eigenvalue weighted by Gasteiger charge is 2.16. The number of nitrogens with two attached hydrogens (primary N) is 2. The van der Waals surface area contributed by atoms with Crippen LogP contribution in [0.5, 0.6) is 0 Å². The average Bonchev–Trinajstić information content (AvgIpc) is 2.77. The van der Waals surface area contributed by atoms with Gasteiger partial charge in [0.05, 0.1) is 12.1 Å². The second-order valence-corrected chi connectivity index (χ2v) is 5.06. The molecule has 0 aliphatic rings. The zero-order valence-corrected chi connectivity index (χ0v) is 12.4. The molecule has 0 aromatic carbocycles. The molecule has 0 fully saturated rings. The van der Waals surface area contributed by atoms with Crippen molar-refractivity contribution >= 4 is 16.9 Å². The highest BCUT2D eigenvalue weighted by Crippen LogP contribution is 2.26. The first-order valence-electron chi connectivity index (χ1n) is 7.03. The van der Waals surface area contributed by atoms with E-state index in [0.29, 0.717) is 12.4 Å². The molecule has 0 atom stereocenters. The number of rotatable bonds is 6. The summed E-state index contributed by atoms with van der Waals surface area (Å²) in [5.74, 6) is 6.67. The van der Waals surface area contributed by atoms with Crippen LogP contribution < -0.4 is 11.6 Å². The molecule has 0 amide bonds. The van der Waals surface area contributed by atoms with E-state index in [1.54, 1.807) is 0 Å². The lowest BCUT2D eigenvalue weighted by Gasteiger charge is -2.11. The van der Waals surface area contributed by atoms with E-state index in [1.807, 2.05) is 6.92 Å². The van der Waals surface area contributed by atoms with Crippen LogP contribution >= 0.6 is 0 Å². The van der Waals surface area contributed by atoms with Crippen LogP contribution in [0.1, 0.15) is 36.8 Å². The lowest BCUT2D eigenvalue weighted by molar-refractivity contribution is 0.132. The first-order chi connectivity index (χ1) is 9.60. The van der Waals surface area contributed by atoms with Crippen molar-refractivity contribution in [1.29, 1.82) is 0 Å². The molecule has 2 rings (SSSR count). The second-order valence-electron chi connectivity index (χ2n) is 5.06. The van der Waals surface area contributed by atoms with Crippen molar-refractivity contribution in [3.63, 3.8) is 0 Å². The number of nitrogens with zero attached hydrogens (tertiary/aromatic N) is 3. The average molecular weight is 277 g/mol. The van der Waals surface area contributed by atoms with Crippen LogP contribution in [0, 0.1) is 13.8 Å². The Balaban J connectivity index is 2.56. The molecule has 0 saturated heterocycles. The Labute approximate surface area is 119 Å². The number of imidazole rings is 1. The highest BCUT2D eigenvalue weighted by molar-refractivity contribution is 5.88. The number of aromatic nitrogens is 3. The van der Waals surface area contributed by atoms with Crippen LogP contribution in [-0.2, 0) is 17.8 Å². The molecule has 20 heavy (non-hydrogen) atoms. The fourth-order valence-electron chi connectivity index (χ4n) is 2.51. The van der Waals surface area contributed by atoms with E-state index in [4.69, 9.17) is 11.6 Å². The second kappa shape index (κ2) is 6.19. The Bertz CT molecular complexity index is 605. The van der Waals surface area contributed by atoms with Gasteiger partial charge in [0.25, 0.3) is 0 Å². The fraction of sp³-hybridized carbons (Fsp3) is 0.571. The van der Waals surface area contributed by atoms with Gasteiger partial charge in [-0.1, -0.05) is 6.92 Å². The molecule has 2 heterocycles. The van der Waals surface area contributed by atoms with Gasteiger partial charge in [0, 0.05) is 18.7 Å². The SMILES string of the molecule is CCCc1nc2c(N)nc(C)c(C)c2n1CCCON. The van der Waals surface area contributed by atoms with E-state index in [0.717, 1.165) is 53.9 Å². The van der Waals surface area contributed by atoms with E-state index >= 15 is 0 Å². The molecule has 4 N–H and O–H groups in total. The topological polar surface area (TPSA) is 92.0 Å². The predicted octanol–water partition coefficient (Wildman–Crippen LogP) is 1.86. The molecular weight excluding hydrogens is 254 g/mol.